The highest BCUT2D eigenvalue weighted by atomic mass is 16.5. The molecular weight excluding hydrogens is 332 g/mol. The van der Waals surface area contributed by atoms with Crippen LogP contribution in [0.2, 0.25) is 0 Å². The SMILES string of the molecule is CC(C)CCCC(C)NC(=O)COC(=O)C1CCCN1C1CCOCC1. The minimum absolute atomic E-state index is 0.116. The van der Waals surface area contributed by atoms with E-state index in [0.29, 0.717) is 12.0 Å². The highest BCUT2D eigenvalue weighted by Crippen LogP contribution is 2.26. The minimum Gasteiger partial charge on any atom is -0.454 e. The van der Waals surface area contributed by atoms with Crippen molar-refractivity contribution in [3.05, 3.63) is 0 Å². The van der Waals surface area contributed by atoms with Crippen molar-refractivity contribution in [2.45, 2.75) is 83.8 Å². The molecule has 6 heteroatoms. The molecule has 2 heterocycles. The first-order valence-corrected chi connectivity index (χ1v) is 10.3. The molecule has 2 aliphatic rings. The molecule has 1 amide bonds. The summed E-state index contributed by atoms with van der Waals surface area (Å²) in [6.45, 7) is 8.70. The quantitative estimate of drug-likeness (QED) is 0.634. The number of likely N-dealkylation sites (tertiary alicyclic amines) is 1. The molecule has 2 atom stereocenters. The Morgan fingerprint density at radius 1 is 1.15 bits per heavy atom. The Kier molecular flexibility index (Phi) is 8.85. The summed E-state index contributed by atoms with van der Waals surface area (Å²) in [6, 6.07) is 0.318. The number of esters is 1. The fraction of sp³-hybridized carbons (Fsp3) is 0.900. The maximum Gasteiger partial charge on any atom is 0.323 e. The van der Waals surface area contributed by atoms with Gasteiger partial charge >= 0.3 is 5.97 Å². The third-order valence-electron chi connectivity index (χ3n) is 5.40. The van der Waals surface area contributed by atoms with Gasteiger partial charge in [0.05, 0.1) is 0 Å². The molecule has 6 nitrogen and oxygen atoms in total. The zero-order chi connectivity index (χ0) is 18.9. The molecule has 26 heavy (non-hydrogen) atoms. The van der Waals surface area contributed by atoms with E-state index in [1.165, 1.54) is 6.42 Å². The summed E-state index contributed by atoms with van der Waals surface area (Å²) >= 11 is 0. The Bertz CT molecular complexity index is 449. The molecule has 2 rings (SSSR count). The maximum atomic E-state index is 12.5. The number of carbonyl (C=O) groups excluding carboxylic acids is 2. The second kappa shape index (κ2) is 10.9. The van der Waals surface area contributed by atoms with Gasteiger partial charge in [-0.25, -0.2) is 0 Å². The van der Waals surface area contributed by atoms with Gasteiger partial charge in [0.2, 0.25) is 0 Å². The molecule has 2 aliphatic heterocycles. The van der Waals surface area contributed by atoms with Crippen LogP contribution in [0.5, 0.6) is 0 Å². The molecule has 150 valence electrons. The van der Waals surface area contributed by atoms with Crippen LogP contribution in [0, 0.1) is 5.92 Å². The number of nitrogens with zero attached hydrogens (tertiary/aromatic N) is 1. The standard InChI is InChI=1S/C20H36N2O4/c1-15(2)6-4-7-16(3)21-19(23)14-26-20(24)18-8-5-11-22(18)17-9-12-25-13-10-17/h15-18H,4-14H2,1-3H3,(H,21,23). The van der Waals surface area contributed by atoms with Gasteiger partial charge in [0.25, 0.3) is 5.91 Å². The average Bonchev–Trinajstić information content (AvgIpc) is 3.10. The average molecular weight is 369 g/mol. The second-order valence-corrected chi connectivity index (χ2v) is 8.14. The van der Waals surface area contributed by atoms with Gasteiger partial charge in [-0.15, -0.1) is 0 Å². The monoisotopic (exact) mass is 368 g/mol. The molecular formula is C20H36N2O4. The molecule has 0 saturated carbocycles. The van der Waals surface area contributed by atoms with Crippen LogP contribution in [0.1, 0.15) is 65.7 Å². The van der Waals surface area contributed by atoms with Gasteiger partial charge in [-0.05, 0) is 51.5 Å². The van der Waals surface area contributed by atoms with Crippen LogP contribution < -0.4 is 5.32 Å². The Balaban J connectivity index is 1.69. The first-order valence-electron chi connectivity index (χ1n) is 10.3. The van der Waals surface area contributed by atoms with Crippen molar-refractivity contribution >= 4 is 11.9 Å². The van der Waals surface area contributed by atoms with Crippen LogP contribution >= 0.6 is 0 Å². The fourth-order valence-corrected chi connectivity index (χ4v) is 3.95. The summed E-state index contributed by atoms with van der Waals surface area (Å²) < 4.78 is 10.7. The van der Waals surface area contributed by atoms with Crippen molar-refractivity contribution in [3.63, 3.8) is 0 Å². The van der Waals surface area contributed by atoms with E-state index in [1.807, 2.05) is 6.92 Å². The van der Waals surface area contributed by atoms with Crippen LogP contribution in [-0.4, -0.2) is 61.3 Å². The predicted molar refractivity (Wildman–Crippen MR) is 101 cm³/mol. The Labute approximate surface area is 158 Å². The van der Waals surface area contributed by atoms with Gasteiger partial charge in [-0.3, -0.25) is 14.5 Å². The Morgan fingerprint density at radius 2 is 1.88 bits per heavy atom. The van der Waals surface area contributed by atoms with Gasteiger partial charge in [0.1, 0.15) is 6.04 Å². The Morgan fingerprint density at radius 3 is 2.58 bits per heavy atom. The van der Waals surface area contributed by atoms with E-state index in [-0.39, 0.29) is 30.6 Å². The lowest BCUT2D eigenvalue weighted by molar-refractivity contribution is -0.154. The minimum atomic E-state index is -0.253. The lowest BCUT2D eigenvalue weighted by atomic mass is 10.0. The number of amides is 1. The highest BCUT2D eigenvalue weighted by molar-refractivity contribution is 5.82. The van der Waals surface area contributed by atoms with Crippen LogP contribution in [0.15, 0.2) is 0 Å². The van der Waals surface area contributed by atoms with E-state index in [2.05, 4.69) is 24.1 Å². The number of nitrogens with one attached hydrogen (secondary N) is 1. The molecule has 0 radical (unpaired) electrons. The van der Waals surface area contributed by atoms with Gasteiger partial charge < -0.3 is 14.8 Å². The second-order valence-electron chi connectivity index (χ2n) is 8.14. The van der Waals surface area contributed by atoms with E-state index in [1.54, 1.807) is 0 Å². The van der Waals surface area contributed by atoms with Crippen molar-refractivity contribution in [3.8, 4) is 0 Å². The van der Waals surface area contributed by atoms with Crippen LogP contribution in [-0.2, 0) is 19.1 Å². The van der Waals surface area contributed by atoms with Crippen molar-refractivity contribution in [1.29, 1.82) is 0 Å². The highest BCUT2D eigenvalue weighted by Gasteiger charge is 2.37. The molecule has 2 saturated heterocycles. The molecule has 2 fully saturated rings. The Hall–Kier alpha value is -1.14. The normalized spacial score (nSPS) is 23.2. The number of carbonyl (C=O) groups is 2. The summed E-state index contributed by atoms with van der Waals surface area (Å²) in [5, 5.41) is 2.93. The van der Waals surface area contributed by atoms with E-state index in [9.17, 15) is 9.59 Å². The van der Waals surface area contributed by atoms with Crippen molar-refractivity contribution in [2.24, 2.45) is 5.92 Å². The third-order valence-corrected chi connectivity index (χ3v) is 5.40. The van der Waals surface area contributed by atoms with Gasteiger partial charge in [-0.2, -0.15) is 0 Å². The van der Waals surface area contributed by atoms with Crippen LogP contribution in [0.3, 0.4) is 0 Å². The third kappa shape index (κ3) is 6.88. The van der Waals surface area contributed by atoms with Gasteiger partial charge in [0, 0.05) is 25.3 Å². The smallest absolute Gasteiger partial charge is 0.323 e. The maximum absolute atomic E-state index is 12.5. The molecule has 2 unspecified atom stereocenters. The van der Waals surface area contributed by atoms with Gasteiger partial charge in [-0.1, -0.05) is 26.7 Å². The number of ether oxygens (including phenoxy) is 2. The summed E-state index contributed by atoms with van der Waals surface area (Å²) in [5.41, 5.74) is 0. The molecule has 0 aromatic rings. The predicted octanol–water partition coefficient (Wildman–Crippen LogP) is 2.50. The van der Waals surface area contributed by atoms with E-state index in [0.717, 1.165) is 58.3 Å². The number of hydrogen-bond donors (Lipinski definition) is 1. The summed E-state index contributed by atoms with van der Waals surface area (Å²) in [7, 11) is 0. The zero-order valence-corrected chi connectivity index (χ0v) is 16.7. The molecule has 0 aromatic heterocycles. The van der Waals surface area contributed by atoms with Crippen LogP contribution in [0.25, 0.3) is 0 Å². The summed E-state index contributed by atoms with van der Waals surface area (Å²) in [4.78, 5) is 26.8. The van der Waals surface area contributed by atoms with Crippen LogP contribution in [0.4, 0.5) is 0 Å². The largest absolute Gasteiger partial charge is 0.454 e. The lowest BCUT2D eigenvalue weighted by Gasteiger charge is -2.34. The number of hydrogen-bond acceptors (Lipinski definition) is 5. The summed E-state index contributed by atoms with van der Waals surface area (Å²) in [5.74, 6) is 0.228. The summed E-state index contributed by atoms with van der Waals surface area (Å²) in [6.07, 6.45) is 6.99. The molecule has 0 bridgehead atoms. The molecule has 0 spiro atoms. The zero-order valence-electron chi connectivity index (χ0n) is 16.7. The molecule has 1 N–H and O–H groups in total. The first kappa shape index (κ1) is 21.2. The number of rotatable bonds is 9. The molecule has 0 aliphatic carbocycles. The van der Waals surface area contributed by atoms with Crippen molar-refractivity contribution in [2.75, 3.05) is 26.4 Å². The van der Waals surface area contributed by atoms with E-state index >= 15 is 0 Å². The first-order chi connectivity index (χ1) is 12.5. The van der Waals surface area contributed by atoms with Crippen molar-refractivity contribution in [1.82, 2.24) is 10.2 Å². The van der Waals surface area contributed by atoms with E-state index < -0.39 is 0 Å². The topological polar surface area (TPSA) is 67.9 Å². The molecule has 0 aromatic carbocycles. The lowest BCUT2D eigenvalue weighted by Crippen LogP contribution is -2.47. The van der Waals surface area contributed by atoms with Crippen molar-refractivity contribution < 1.29 is 19.1 Å². The van der Waals surface area contributed by atoms with Gasteiger partial charge in [0.15, 0.2) is 6.61 Å². The van der Waals surface area contributed by atoms with E-state index in [4.69, 9.17) is 9.47 Å². The fourth-order valence-electron chi connectivity index (χ4n) is 3.95.